The van der Waals surface area contributed by atoms with Crippen LogP contribution in [0, 0.1) is 6.92 Å². The van der Waals surface area contributed by atoms with Gasteiger partial charge < -0.3 is 0 Å². The Kier molecular flexibility index (Phi) is 13.3. The van der Waals surface area contributed by atoms with Gasteiger partial charge >= 0.3 is 0 Å². The van der Waals surface area contributed by atoms with Gasteiger partial charge in [-0.3, -0.25) is 0 Å². The van der Waals surface area contributed by atoms with Crippen molar-refractivity contribution < 1.29 is 0 Å². The van der Waals surface area contributed by atoms with Crippen LogP contribution in [-0.2, 0) is 0 Å². The first-order chi connectivity index (χ1) is 20.1. The standard InChI is InChI=1S/C41H36.3CH4/c1-5-8-9-10-20-38(34-27-26-32-18-11-12-19-33(32)28-34)40-23-16-15-22-39(40)36(7-3)35-25-24-30(4)41(29-35)37-21-14-13-17-31(37)6-2;;;/h5-19,21-29H,2-3,20H2,1,4H3;3*1H4/b8-5-,10-9-,39-36+,40-38+;;;. The zero-order valence-electron chi connectivity index (χ0n) is 24.0. The van der Waals surface area contributed by atoms with E-state index in [1.165, 1.54) is 49.0 Å². The molecule has 224 valence electrons. The van der Waals surface area contributed by atoms with Gasteiger partial charge in [-0.2, -0.15) is 0 Å². The van der Waals surface area contributed by atoms with Gasteiger partial charge in [0.1, 0.15) is 0 Å². The van der Waals surface area contributed by atoms with Crippen LogP contribution in [0.4, 0.5) is 0 Å². The molecular formula is C44H48. The molecule has 0 heteroatoms. The molecule has 0 aliphatic carbocycles. The van der Waals surface area contributed by atoms with Crippen molar-refractivity contribution in [3.05, 3.63) is 185 Å². The molecule has 5 aromatic carbocycles. The first-order valence-electron chi connectivity index (χ1n) is 14.2. The highest BCUT2D eigenvalue weighted by Crippen LogP contribution is 2.30. The molecule has 5 rings (SSSR count). The topological polar surface area (TPSA) is 0 Å². The fraction of sp³-hybridized carbons (Fsp3) is 0.136. The Morgan fingerprint density at radius 1 is 0.636 bits per heavy atom. The van der Waals surface area contributed by atoms with E-state index in [0.29, 0.717) is 0 Å². The van der Waals surface area contributed by atoms with Gasteiger partial charge in [0.25, 0.3) is 0 Å². The van der Waals surface area contributed by atoms with Gasteiger partial charge in [0.15, 0.2) is 0 Å². The maximum atomic E-state index is 4.29. The van der Waals surface area contributed by atoms with Gasteiger partial charge in [0.2, 0.25) is 0 Å². The van der Waals surface area contributed by atoms with Gasteiger partial charge in [-0.1, -0.05) is 169 Å². The maximum Gasteiger partial charge on any atom is -0.00822 e. The molecule has 44 heavy (non-hydrogen) atoms. The van der Waals surface area contributed by atoms with E-state index < -0.39 is 0 Å². The lowest BCUT2D eigenvalue weighted by atomic mass is 9.90. The van der Waals surface area contributed by atoms with E-state index >= 15 is 0 Å². The number of hydrogen-bond donors (Lipinski definition) is 0. The molecule has 0 nitrogen and oxygen atoms in total. The number of allylic oxidation sites excluding steroid dienone is 5. The third-order valence-corrected chi connectivity index (χ3v) is 7.63. The van der Waals surface area contributed by atoms with Crippen molar-refractivity contribution in [1.82, 2.24) is 0 Å². The highest BCUT2D eigenvalue weighted by molar-refractivity contribution is 5.87. The molecule has 0 bridgehead atoms. The monoisotopic (exact) mass is 576 g/mol. The van der Waals surface area contributed by atoms with Crippen LogP contribution >= 0.6 is 0 Å². The lowest BCUT2D eigenvalue weighted by molar-refractivity contribution is 1.33. The van der Waals surface area contributed by atoms with Gasteiger partial charge in [-0.15, -0.1) is 0 Å². The molecular weight excluding hydrogens is 528 g/mol. The summed E-state index contributed by atoms with van der Waals surface area (Å²) in [5.74, 6) is 0. The summed E-state index contributed by atoms with van der Waals surface area (Å²) in [6.45, 7) is 12.5. The fourth-order valence-electron chi connectivity index (χ4n) is 5.50. The molecule has 0 spiro atoms. The van der Waals surface area contributed by atoms with Crippen LogP contribution in [0.2, 0.25) is 0 Å². The molecule has 0 N–H and O–H groups in total. The highest BCUT2D eigenvalue weighted by Gasteiger charge is 2.10. The zero-order valence-corrected chi connectivity index (χ0v) is 24.0. The second-order valence-corrected chi connectivity index (χ2v) is 10.2. The summed E-state index contributed by atoms with van der Waals surface area (Å²) in [5, 5.41) is 4.89. The first-order valence-corrected chi connectivity index (χ1v) is 14.2. The molecule has 0 heterocycles. The van der Waals surface area contributed by atoms with Crippen molar-refractivity contribution in [3.8, 4) is 11.1 Å². The Balaban J connectivity index is 0.00000225. The molecule has 0 fully saturated rings. The van der Waals surface area contributed by atoms with Crippen molar-refractivity contribution >= 4 is 28.0 Å². The second-order valence-electron chi connectivity index (χ2n) is 10.2. The van der Waals surface area contributed by atoms with Crippen molar-refractivity contribution in [3.63, 3.8) is 0 Å². The average Bonchev–Trinajstić information content (AvgIpc) is 3.02. The Hall–Kier alpha value is -4.94. The highest BCUT2D eigenvalue weighted by atomic mass is 14.1. The third-order valence-electron chi connectivity index (χ3n) is 7.63. The molecule has 0 aliphatic rings. The first kappa shape index (κ1) is 35.3. The molecule has 0 atom stereocenters. The summed E-state index contributed by atoms with van der Waals surface area (Å²) in [6.07, 6.45) is 13.3. The Bertz CT molecular complexity index is 1910. The van der Waals surface area contributed by atoms with E-state index in [-0.39, 0.29) is 22.3 Å². The largest absolute Gasteiger partial charge is 0.0984 e. The van der Waals surface area contributed by atoms with Gasteiger partial charge in [0.05, 0.1) is 0 Å². The predicted octanol–water partition coefficient (Wildman–Crippen LogP) is 11.5. The summed E-state index contributed by atoms with van der Waals surface area (Å²) >= 11 is 0. The number of hydrogen-bond acceptors (Lipinski definition) is 0. The smallest absolute Gasteiger partial charge is 0.00822 e. The number of aryl methyl sites for hydroxylation is 1. The molecule has 0 radical (unpaired) electrons. The van der Waals surface area contributed by atoms with Crippen LogP contribution in [0.15, 0.2) is 153 Å². The lowest BCUT2D eigenvalue weighted by Crippen LogP contribution is -2.29. The number of rotatable bonds is 8. The van der Waals surface area contributed by atoms with Crippen LogP contribution in [0.25, 0.3) is 39.1 Å². The average molecular weight is 577 g/mol. The minimum Gasteiger partial charge on any atom is -0.0984 e. The van der Waals surface area contributed by atoms with Crippen molar-refractivity contribution in [2.24, 2.45) is 0 Å². The van der Waals surface area contributed by atoms with E-state index in [1.54, 1.807) is 0 Å². The van der Waals surface area contributed by atoms with Crippen molar-refractivity contribution in [1.29, 1.82) is 0 Å². The van der Waals surface area contributed by atoms with Gasteiger partial charge in [-0.05, 0) is 98.1 Å². The zero-order chi connectivity index (χ0) is 28.6. The van der Waals surface area contributed by atoms with Crippen LogP contribution in [0.1, 0.15) is 57.9 Å². The Labute approximate surface area is 266 Å². The lowest BCUT2D eigenvalue weighted by Gasteiger charge is -2.14. The number of fused-ring (bicyclic) bond motifs is 1. The normalized spacial score (nSPS) is 12.1. The molecule has 5 aromatic rings. The van der Waals surface area contributed by atoms with Crippen LogP contribution in [0.3, 0.4) is 0 Å². The summed E-state index contributed by atoms with van der Waals surface area (Å²) < 4.78 is 0. The van der Waals surface area contributed by atoms with Crippen LogP contribution in [0.5, 0.6) is 0 Å². The molecule has 0 saturated carbocycles. The van der Waals surface area contributed by atoms with E-state index in [1.807, 2.05) is 19.1 Å². The minimum absolute atomic E-state index is 0. The van der Waals surface area contributed by atoms with Crippen molar-refractivity contribution in [2.45, 2.75) is 42.5 Å². The van der Waals surface area contributed by atoms with E-state index in [4.69, 9.17) is 0 Å². The molecule has 0 amide bonds. The van der Waals surface area contributed by atoms with E-state index in [2.05, 4.69) is 154 Å². The van der Waals surface area contributed by atoms with Gasteiger partial charge in [-0.25, -0.2) is 0 Å². The fourth-order valence-corrected chi connectivity index (χ4v) is 5.50. The maximum absolute atomic E-state index is 4.29. The van der Waals surface area contributed by atoms with Gasteiger partial charge in [0, 0.05) is 0 Å². The number of benzene rings is 5. The minimum atomic E-state index is 0. The molecule has 0 aliphatic heterocycles. The van der Waals surface area contributed by atoms with Crippen LogP contribution in [-0.4, -0.2) is 0 Å². The summed E-state index contributed by atoms with van der Waals surface area (Å²) in [6, 6.07) is 39.2. The van der Waals surface area contributed by atoms with E-state index in [0.717, 1.165) is 23.1 Å². The summed E-state index contributed by atoms with van der Waals surface area (Å²) in [4.78, 5) is 0. The molecule has 0 aromatic heterocycles. The Morgan fingerprint density at radius 2 is 1.30 bits per heavy atom. The SMILES string of the molecule is C.C.C.C=C/C(c1ccc(C)c(-c2ccccc2C=C)c1)=c1/cccc/c1=C(/C/C=C\C=C/C)c1ccc2ccccc2c1. The molecule has 0 unspecified atom stereocenters. The Morgan fingerprint density at radius 3 is 2.02 bits per heavy atom. The third kappa shape index (κ3) is 7.52. The second kappa shape index (κ2) is 16.6. The molecule has 0 saturated heterocycles. The summed E-state index contributed by atoms with van der Waals surface area (Å²) in [5.41, 5.74) is 9.55. The van der Waals surface area contributed by atoms with E-state index in [9.17, 15) is 0 Å². The van der Waals surface area contributed by atoms with Crippen LogP contribution < -0.4 is 10.4 Å². The van der Waals surface area contributed by atoms with Crippen molar-refractivity contribution in [2.75, 3.05) is 0 Å². The summed E-state index contributed by atoms with van der Waals surface area (Å²) in [7, 11) is 0. The quantitative estimate of drug-likeness (QED) is 0.161. The predicted molar refractivity (Wildman–Crippen MR) is 200 cm³/mol.